The zero-order chi connectivity index (χ0) is 16.1. The van der Waals surface area contributed by atoms with Crippen molar-refractivity contribution in [2.75, 3.05) is 25.1 Å². The highest BCUT2D eigenvalue weighted by molar-refractivity contribution is 5.31. The molecule has 0 radical (unpaired) electrons. The summed E-state index contributed by atoms with van der Waals surface area (Å²) in [7, 11) is 1.59. The maximum Gasteiger partial charge on any atom is 0.316 e. The van der Waals surface area contributed by atoms with Gasteiger partial charge in [-0.15, -0.1) is 0 Å². The number of ether oxygens (including phenoxy) is 2. The van der Waals surface area contributed by atoms with Gasteiger partial charge < -0.3 is 14.4 Å². The Hall–Kier alpha value is -2.44. The summed E-state index contributed by atoms with van der Waals surface area (Å²) < 4.78 is 10.9. The quantitative estimate of drug-likeness (QED) is 0.834. The van der Waals surface area contributed by atoms with E-state index in [4.69, 9.17) is 9.47 Å². The number of piperidine rings is 1. The van der Waals surface area contributed by atoms with Gasteiger partial charge in [-0.1, -0.05) is 6.92 Å². The highest BCUT2D eigenvalue weighted by Gasteiger charge is 2.23. The molecule has 0 bridgehead atoms. The fraction of sp³-hybridized carbons (Fsp3) is 0.500. The zero-order valence-electron chi connectivity index (χ0n) is 13.5. The molecule has 2 aromatic rings. The molecule has 3 heterocycles. The lowest BCUT2D eigenvalue weighted by Gasteiger charge is -2.32. The molecule has 2 aromatic heterocycles. The summed E-state index contributed by atoms with van der Waals surface area (Å²) in [6.07, 6.45) is 9.97. The van der Waals surface area contributed by atoms with E-state index >= 15 is 0 Å². The second-order valence-electron chi connectivity index (χ2n) is 5.48. The summed E-state index contributed by atoms with van der Waals surface area (Å²) in [6, 6.07) is 0.375. The first-order chi connectivity index (χ1) is 11.3. The van der Waals surface area contributed by atoms with Crippen LogP contribution in [0.25, 0.3) is 0 Å². The maximum absolute atomic E-state index is 5.88. The molecular weight excluding hydrogens is 294 g/mol. The average Bonchev–Trinajstić information content (AvgIpc) is 2.63. The van der Waals surface area contributed by atoms with Gasteiger partial charge in [0.05, 0.1) is 26.0 Å². The fourth-order valence-corrected chi connectivity index (χ4v) is 2.53. The molecular formula is C16H21N5O2. The molecule has 0 aromatic carbocycles. The second kappa shape index (κ2) is 7.21. The summed E-state index contributed by atoms with van der Waals surface area (Å²) in [5.74, 6) is 1.37. The van der Waals surface area contributed by atoms with Crippen LogP contribution in [0.4, 0.5) is 5.95 Å². The molecule has 1 aliphatic rings. The Morgan fingerprint density at radius 1 is 1.13 bits per heavy atom. The molecule has 1 atom stereocenters. The predicted molar refractivity (Wildman–Crippen MR) is 85.9 cm³/mol. The molecule has 0 N–H and O–H groups in total. The number of hydrogen-bond acceptors (Lipinski definition) is 7. The second-order valence-corrected chi connectivity index (χ2v) is 5.48. The van der Waals surface area contributed by atoms with Crippen molar-refractivity contribution < 1.29 is 9.47 Å². The number of anilines is 1. The summed E-state index contributed by atoms with van der Waals surface area (Å²) in [4.78, 5) is 19.4. The molecule has 7 heteroatoms. The molecule has 3 rings (SSSR count). The first-order valence-electron chi connectivity index (χ1n) is 7.87. The lowest BCUT2D eigenvalue weighted by atomic mass is 10.1. The van der Waals surface area contributed by atoms with Crippen LogP contribution in [0, 0.1) is 0 Å². The van der Waals surface area contributed by atoms with Gasteiger partial charge in [0.2, 0.25) is 5.95 Å². The van der Waals surface area contributed by atoms with Crippen molar-refractivity contribution in [3.05, 3.63) is 30.4 Å². The van der Waals surface area contributed by atoms with Gasteiger partial charge in [-0.25, -0.2) is 9.97 Å². The van der Waals surface area contributed by atoms with Crippen molar-refractivity contribution in [1.82, 2.24) is 19.9 Å². The maximum atomic E-state index is 5.88. The number of hydrogen-bond donors (Lipinski definition) is 0. The SMILES string of the molecule is CCc1cnc(N2CCCC(Oc3ncc(OC)cn3)C2)nc1. The monoisotopic (exact) mass is 315 g/mol. The lowest BCUT2D eigenvalue weighted by Crippen LogP contribution is -2.42. The minimum atomic E-state index is 0.0339. The van der Waals surface area contributed by atoms with E-state index in [1.807, 2.05) is 12.4 Å². The first kappa shape index (κ1) is 15.5. The number of methoxy groups -OCH3 is 1. The zero-order valence-corrected chi connectivity index (χ0v) is 13.5. The van der Waals surface area contributed by atoms with E-state index in [0.29, 0.717) is 11.8 Å². The summed E-state index contributed by atoms with van der Waals surface area (Å²) in [5.41, 5.74) is 1.14. The third-order valence-corrected chi connectivity index (χ3v) is 3.87. The Morgan fingerprint density at radius 3 is 2.52 bits per heavy atom. The normalized spacial score (nSPS) is 17.8. The van der Waals surface area contributed by atoms with Crippen LogP contribution < -0.4 is 14.4 Å². The van der Waals surface area contributed by atoms with Crippen molar-refractivity contribution in [2.24, 2.45) is 0 Å². The number of rotatable bonds is 5. The molecule has 1 fully saturated rings. The third-order valence-electron chi connectivity index (χ3n) is 3.87. The van der Waals surface area contributed by atoms with Gasteiger partial charge >= 0.3 is 6.01 Å². The van der Waals surface area contributed by atoms with Gasteiger partial charge in [-0.3, -0.25) is 0 Å². The number of aryl methyl sites for hydroxylation is 1. The Labute approximate surface area is 135 Å². The van der Waals surface area contributed by atoms with Crippen LogP contribution in [0.15, 0.2) is 24.8 Å². The van der Waals surface area contributed by atoms with Crippen molar-refractivity contribution in [2.45, 2.75) is 32.3 Å². The Kier molecular flexibility index (Phi) is 4.85. The Bertz CT molecular complexity index is 617. The van der Waals surface area contributed by atoms with Gasteiger partial charge in [-0.05, 0) is 24.8 Å². The predicted octanol–water partition coefficient (Wildman–Crippen LogP) is 1.89. The average molecular weight is 315 g/mol. The van der Waals surface area contributed by atoms with Crippen LogP contribution in [-0.2, 0) is 6.42 Å². The van der Waals surface area contributed by atoms with Gasteiger partial charge in [0, 0.05) is 18.9 Å². The molecule has 1 saturated heterocycles. The van der Waals surface area contributed by atoms with Crippen molar-refractivity contribution in [3.8, 4) is 11.8 Å². The highest BCUT2D eigenvalue weighted by Crippen LogP contribution is 2.19. The molecule has 0 amide bonds. The summed E-state index contributed by atoms with van der Waals surface area (Å²) in [6.45, 7) is 3.77. The van der Waals surface area contributed by atoms with E-state index in [1.165, 1.54) is 0 Å². The van der Waals surface area contributed by atoms with E-state index in [-0.39, 0.29) is 6.10 Å². The van der Waals surface area contributed by atoms with Crippen LogP contribution >= 0.6 is 0 Å². The minimum absolute atomic E-state index is 0.0339. The Balaban J connectivity index is 1.62. The third kappa shape index (κ3) is 3.85. The molecule has 122 valence electrons. The van der Waals surface area contributed by atoms with E-state index in [9.17, 15) is 0 Å². The van der Waals surface area contributed by atoms with E-state index in [1.54, 1.807) is 19.5 Å². The number of aromatic nitrogens is 4. The largest absolute Gasteiger partial charge is 0.494 e. The smallest absolute Gasteiger partial charge is 0.316 e. The minimum Gasteiger partial charge on any atom is -0.494 e. The Morgan fingerprint density at radius 2 is 1.87 bits per heavy atom. The highest BCUT2D eigenvalue weighted by atomic mass is 16.5. The fourth-order valence-electron chi connectivity index (χ4n) is 2.53. The summed E-state index contributed by atoms with van der Waals surface area (Å²) in [5, 5.41) is 0. The van der Waals surface area contributed by atoms with Gasteiger partial charge in [-0.2, -0.15) is 9.97 Å². The lowest BCUT2D eigenvalue weighted by molar-refractivity contribution is 0.163. The van der Waals surface area contributed by atoms with Crippen LogP contribution in [-0.4, -0.2) is 46.2 Å². The number of nitrogens with zero attached hydrogens (tertiary/aromatic N) is 5. The molecule has 23 heavy (non-hydrogen) atoms. The van der Waals surface area contributed by atoms with Crippen LogP contribution in [0.1, 0.15) is 25.3 Å². The first-order valence-corrected chi connectivity index (χ1v) is 7.87. The van der Waals surface area contributed by atoms with Gasteiger partial charge in [0.25, 0.3) is 0 Å². The van der Waals surface area contributed by atoms with Gasteiger partial charge in [0.15, 0.2) is 5.75 Å². The van der Waals surface area contributed by atoms with Crippen molar-refractivity contribution >= 4 is 5.95 Å². The molecule has 1 unspecified atom stereocenters. The van der Waals surface area contributed by atoms with E-state index < -0.39 is 0 Å². The molecule has 1 aliphatic heterocycles. The standard InChI is InChI=1S/C16H21N5O2/c1-3-12-7-17-15(18-8-12)21-6-4-5-13(11-21)23-16-19-9-14(22-2)10-20-16/h7-10,13H,3-6,11H2,1-2H3. The molecule has 0 spiro atoms. The van der Waals surface area contributed by atoms with Gasteiger partial charge in [0.1, 0.15) is 6.10 Å². The topological polar surface area (TPSA) is 73.3 Å². The van der Waals surface area contributed by atoms with Crippen molar-refractivity contribution in [3.63, 3.8) is 0 Å². The van der Waals surface area contributed by atoms with Crippen LogP contribution in [0.5, 0.6) is 11.8 Å². The van der Waals surface area contributed by atoms with Crippen LogP contribution in [0.2, 0.25) is 0 Å². The molecule has 7 nitrogen and oxygen atoms in total. The van der Waals surface area contributed by atoms with E-state index in [0.717, 1.165) is 43.9 Å². The van der Waals surface area contributed by atoms with Crippen LogP contribution in [0.3, 0.4) is 0 Å². The van der Waals surface area contributed by atoms with E-state index in [2.05, 4.69) is 31.8 Å². The summed E-state index contributed by atoms with van der Waals surface area (Å²) >= 11 is 0. The van der Waals surface area contributed by atoms with Crippen molar-refractivity contribution in [1.29, 1.82) is 0 Å². The molecule has 0 saturated carbocycles. The molecule has 0 aliphatic carbocycles.